The van der Waals surface area contributed by atoms with Gasteiger partial charge in [-0.25, -0.2) is 4.79 Å². The van der Waals surface area contributed by atoms with Crippen LogP contribution in [0, 0.1) is 5.41 Å². The highest BCUT2D eigenvalue weighted by Crippen LogP contribution is 2.41. The van der Waals surface area contributed by atoms with E-state index in [0.717, 1.165) is 11.1 Å². The predicted molar refractivity (Wildman–Crippen MR) is 104 cm³/mol. The van der Waals surface area contributed by atoms with Crippen molar-refractivity contribution in [3.63, 3.8) is 0 Å². The summed E-state index contributed by atoms with van der Waals surface area (Å²) in [5.41, 5.74) is 6.23. The molecule has 1 aromatic rings. The first kappa shape index (κ1) is 18.5. The van der Waals surface area contributed by atoms with Crippen molar-refractivity contribution < 1.29 is 9.90 Å². The standard InChI is InChI=1S/C21H26O2S/c1-15(12-20(22)23)7-8-17-13-24-14-18(17)9-10-19-16(2)6-5-11-21(19,3)4/h7-10,12-14H,5-6,11H2,1-4H3,(H,22,23). The highest BCUT2D eigenvalue weighted by atomic mass is 32.1. The summed E-state index contributed by atoms with van der Waals surface area (Å²) in [7, 11) is 0. The van der Waals surface area contributed by atoms with Crippen molar-refractivity contribution in [3.8, 4) is 0 Å². The lowest BCUT2D eigenvalue weighted by molar-refractivity contribution is -0.131. The van der Waals surface area contributed by atoms with Crippen LogP contribution in [-0.4, -0.2) is 11.1 Å². The Morgan fingerprint density at radius 3 is 2.50 bits per heavy atom. The zero-order valence-corrected chi connectivity index (χ0v) is 15.7. The molecule has 2 nitrogen and oxygen atoms in total. The van der Waals surface area contributed by atoms with Gasteiger partial charge in [0.15, 0.2) is 0 Å². The van der Waals surface area contributed by atoms with Gasteiger partial charge < -0.3 is 5.11 Å². The molecule has 1 aliphatic carbocycles. The minimum Gasteiger partial charge on any atom is -0.478 e. The van der Waals surface area contributed by atoms with Crippen molar-refractivity contribution in [2.45, 2.75) is 47.0 Å². The number of hydrogen-bond donors (Lipinski definition) is 1. The van der Waals surface area contributed by atoms with Gasteiger partial charge in [-0.3, -0.25) is 0 Å². The third-order valence-electron chi connectivity index (χ3n) is 4.57. The van der Waals surface area contributed by atoms with Gasteiger partial charge in [0.05, 0.1) is 0 Å². The minimum atomic E-state index is -0.912. The molecule has 1 aromatic heterocycles. The minimum absolute atomic E-state index is 0.242. The summed E-state index contributed by atoms with van der Waals surface area (Å²) >= 11 is 1.66. The third-order valence-corrected chi connectivity index (χ3v) is 5.35. The van der Waals surface area contributed by atoms with Crippen LogP contribution in [0.25, 0.3) is 12.2 Å². The first-order chi connectivity index (χ1) is 11.3. The van der Waals surface area contributed by atoms with Gasteiger partial charge in [-0.2, -0.15) is 11.3 Å². The zero-order chi connectivity index (χ0) is 17.7. The van der Waals surface area contributed by atoms with E-state index in [9.17, 15) is 4.79 Å². The fraction of sp³-hybridized carbons (Fsp3) is 0.381. The molecule has 0 saturated heterocycles. The Morgan fingerprint density at radius 2 is 1.88 bits per heavy atom. The molecule has 24 heavy (non-hydrogen) atoms. The molecule has 0 fully saturated rings. The Kier molecular flexibility index (Phi) is 6.00. The number of allylic oxidation sites excluding steroid dienone is 5. The van der Waals surface area contributed by atoms with E-state index < -0.39 is 5.97 Å². The molecule has 1 N–H and O–H groups in total. The van der Waals surface area contributed by atoms with Crippen LogP contribution in [0.4, 0.5) is 0 Å². The molecular weight excluding hydrogens is 316 g/mol. The SMILES string of the molecule is CC(C=Cc1cscc1C=CC1=C(C)CCCC1(C)C)=CC(=O)O. The maximum absolute atomic E-state index is 10.7. The number of thiophene rings is 1. The molecular formula is C21H26O2S. The average molecular weight is 343 g/mol. The van der Waals surface area contributed by atoms with Crippen molar-refractivity contribution in [2.75, 3.05) is 0 Å². The Bertz CT molecular complexity index is 727. The topological polar surface area (TPSA) is 37.3 Å². The van der Waals surface area contributed by atoms with Crippen molar-refractivity contribution >= 4 is 29.5 Å². The van der Waals surface area contributed by atoms with Crippen molar-refractivity contribution in [1.82, 2.24) is 0 Å². The summed E-state index contributed by atoms with van der Waals surface area (Å²) in [5, 5.41) is 13.0. The molecule has 0 saturated carbocycles. The second kappa shape index (κ2) is 7.80. The van der Waals surface area contributed by atoms with E-state index in [2.05, 4.69) is 43.7 Å². The van der Waals surface area contributed by atoms with E-state index >= 15 is 0 Å². The quantitative estimate of drug-likeness (QED) is 0.501. The normalized spacial score (nSPS) is 18.8. The van der Waals surface area contributed by atoms with Crippen LogP contribution in [0.15, 0.2) is 45.7 Å². The van der Waals surface area contributed by atoms with Crippen LogP contribution >= 0.6 is 11.3 Å². The first-order valence-electron chi connectivity index (χ1n) is 8.33. The molecule has 0 aliphatic heterocycles. The van der Waals surface area contributed by atoms with Crippen molar-refractivity contribution in [3.05, 3.63) is 56.8 Å². The molecule has 0 amide bonds. The largest absolute Gasteiger partial charge is 0.478 e. The number of carboxylic acids is 1. The molecule has 0 aromatic carbocycles. The second-order valence-electron chi connectivity index (χ2n) is 7.11. The highest BCUT2D eigenvalue weighted by molar-refractivity contribution is 7.08. The monoisotopic (exact) mass is 342 g/mol. The van der Waals surface area contributed by atoms with Gasteiger partial charge in [-0.15, -0.1) is 0 Å². The van der Waals surface area contributed by atoms with Gasteiger partial charge in [0.25, 0.3) is 0 Å². The zero-order valence-electron chi connectivity index (χ0n) is 14.9. The molecule has 128 valence electrons. The van der Waals surface area contributed by atoms with E-state index in [1.165, 1.54) is 42.0 Å². The molecule has 0 unspecified atom stereocenters. The van der Waals surface area contributed by atoms with Crippen LogP contribution in [0.3, 0.4) is 0 Å². The summed E-state index contributed by atoms with van der Waals surface area (Å²) < 4.78 is 0. The lowest BCUT2D eigenvalue weighted by atomic mass is 9.72. The Morgan fingerprint density at radius 1 is 1.21 bits per heavy atom. The average Bonchev–Trinajstić information content (AvgIpc) is 2.90. The maximum atomic E-state index is 10.7. The fourth-order valence-electron chi connectivity index (χ4n) is 3.24. The van der Waals surface area contributed by atoms with Gasteiger partial charge in [0.1, 0.15) is 0 Å². The van der Waals surface area contributed by atoms with Gasteiger partial charge in [0, 0.05) is 6.08 Å². The van der Waals surface area contributed by atoms with E-state index in [1.54, 1.807) is 18.3 Å². The third kappa shape index (κ3) is 4.81. The molecule has 3 heteroatoms. The summed E-state index contributed by atoms with van der Waals surface area (Å²) in [5.74, 6) is -0.912. The number of carboxylic acid groups (broad SMARTS) is 1. The Balaban J connectivity index is 2.22. The van der Waals surface area contributed by atoms with E-state index in [-0.39, 0.29) is 5.41 Å². The maximum Gasteiger partial charge on any atom is 0.328 e. The number of rotatable bonds is 5. The molecule has 2 rings (SSSR count). The lowest BCUT2D eigenvalue weighted by Crippen LogP contribution is -2.18. The summed E-state index contributed by atoms with van der Waals surface area (Å²) in [6.45, 7) is 8.69. The Labute approximate surface area is 148 Å². The smallest absolute Gasteiger partial charge is 0.328 e. The van der Waals surface area contributed by atoms with Gasteiger partial charge in [0.2, 0.25) is 0 Å². The molecule has 1 heterocycles. The van der Waals surface area contributed by atoms with E-state index in [0.29, 0.717) is 0 Å². The molecule has 0 bridgehead atoms. The molecule has 0 radical (unpaired) electrons. The van der Waals surface area contributed by atoms with Crippen molar-refractivity contribution in [2.24, 2.45) is 5.41 Å². The van der Waals surface area contributed by atoms with Crippen LogP contribution in [0.1, 0.15) is 58.1 Å². The van der Waals surface area contributed by atoms with Crippen LogP contribution in [0.5, 0.6) is 0 Å². The number of hydrogen-bond acceptors (Lipinski definition) is 2. The van der Waals surface area contributed by atoms with Crippen LogP contribution < -0.4 is 0 Å². The Hall–Kier alpha value is -1.87. The lowest BCUT2D eigenvalue weighted by Gasteiger charge is -2.32. The number of carbonyl (C=O) groups is 1. The molecule has 1 aliphatic rings. The van der Waals surface area contributed by atoms with Crippen LogP contribution in [0.2, 0.25) is 0 Å². The summed E-state index contributed by atoms with van der Waals surface area (Å²) in [6.07, 6.45) is 13.2. The first-order valence-corrected chi connectivity index (χ1v) is 9.28. The van der Waals surface area contributed by atoms with Crippen molar-refractivity contribution in [1.29, 1.82) is 0 Å². The number of aliphatic carboxylic acids is 1. The highest BCUT2D eigenvalue weighted by Gasteiger charge is 2.26. The summed E-state index contributed by atoms with van der Waals surface area (Å²) in [6, 6.07) is 0. The van der Waals surface area contributed by atoms with Gasteiger partial charge in [-0.05, 0) is 71.6 Å². The summed E-state index contributed by atoms with van der Waals surface area (Å²) in [4.78, 5) is 10.7. The second-order valence-corrected chi connectivity index (χ2v) is 7.85. The van der Waals surface area contributed by atoms with Gasteiger partial charge >= 0.3 is 5.97 Å². The molecule has 0 atom stereocenters. The van der Waals surface area contributed by atoms with E-state index in [1.807, 2.05) is 12.2 Å². The van der Waals surface area contributed by atoms with E-state index in [4.69, 9.17) is 5.11 Å². The molecule has 0 spiro atoms. The predicted octanol–water partition coefficient (Wildman–Crippen LogP) is 6.33. The fourth-order valence-corrected chi connectivity index (χ4v) is 4.03. The van der Waals surface area contributed by atoms with Gasteiger partial charge in [-0.1, -0.05) is 43.7 Å². The van der Waals surface area contributed by atoms with Crippen LogP contribution in [-0.2, 0) is 4.79 Å².